The van der Waals surface area contributed by atoms with Crippen LogP contribution in [0.1, 0.15) is 27.6 Å². The molecule has 0 fully saturated rings. The monoisotopic (exact) mass is 551 g/mol. The maximum atomic E-state index is 13.1. The molecule has 0 aliphatic heterocycles. The predicted molar refractivity (Wildman–Crippen MR) is 145 cm³/mol. The van der Waals surface area contributed by atoms with Gasteiger partial charge in [-0.25, -0.2) is 13.2 Å². The Labute approximate surface area is 226 Å². The third kappa shape index (κ3) is 6.99. The number of sulfone groups is 1. The summed E-state index contributed by atoms with van der Waals surface area (Å²) in [5.41, 5.74) is 1.80. The molecule has 4 rings (SSSR count). The van der Waals surface area contributed by atoms with Crippen molar-refractivity contribution in [2.24, 2.45) is 0 Å². The van der Waals surface area contributed by atoms with Gasteiger partial charge in [-0.15, -0.1) is 0 Å². The van der Waals surface area contributed by atoms with Gasteiger partial charge in [-0.1, -0.05) is 41.9 Å². The van der Waals surface area contributed by atoms with Crippen LogP contribution in [0.3, 0.4) is 0 Å². The number of aliphatic hydroxyl groups excluding tert-OH is 1. The second-order valence-electron chi connectivity index (χ2n) is 8.58. The van der Waals surface area contributed by atoms with Crippen molar-refractivity contribution in [1.29, 1.82) is 0 Å². The molecule has 0 amide bonds. The van der Waals surface area contributed by atoms with E-state index in [4.69, 9.17) is 21.4 Å². The molecule has 1 atom stereocenters. The molecular formula is C29H26ClNO6S. The number of halogens is 1. The van der Waals surface area contributed by atoms with Gasteiger partial charge in [-0.05, 0) is 90.8 Å². The van der Waals surface area contributed by atoms with Crippen LogP contribution in [0.5, 0.6) is 11.5 Å². The maximum absolute atomic E-state index is 13.1. The van der Waals surface area contributed by atoms with E-state index in [0.29, 0.717) is 36.0 Å². The Hall–Kier alpha value is -3.69. The van der Waals surface area contributed by atoms with Crippen LogP contribution in [0.4, 0.5) is 0 Å². The van der Waals surface area contributed by atoms with Gasteiger partial charge in [-0.3, -0.25) is 0 Å². The second-order valence-corrected chi connectivity index (χ2v) is 11.0. The number of nitrogens with one attached hydrogen (secondary N) is 1. The first-order valence-corrected chi connectivity index (χ1v) is 13.7. The molecule has 0 aromatic heterocycles. The largest absolute Gasteiger partial charge is 0.478 e. The van der Waals surface area contributed by atoms with Crippen molar-refractivity contribution >= 4 is 27.4 Å². The van der Waals surface area contributed by atoms with E-state index in [2.05, 4.69) is 5.32 Å². The molecule has 0 aliphatic carbocycles. The standard InChI is InChI=1S/C29H26ClNO6S/c30-23-5-1-3-21(17-23)28(32)19-31-16-15-20-7-11-26(12-8-20)38(35,36)27-13-9-24(10-14-27)37-25-6-2-4-22(18-25)29(33)34/h1-14,17-18,28,31-32H,15-16,19H2,(H,33,34)/t28-/m1/s1. The Morgan fingerprint density at radius 3 is 2.18 bits per heavy atom. The number of benzene rings is 4. The fourth-order valence-electron chi connectivity index (χ4n) is 3.79. The molecule has 0 unspecified atom stereocenters. The molecule has 4 aromatic carbocycles. The van der Waals surface area contributed by atoms with E-state index in [1.807, 2.05) is 6.07 Å². The number of rotatable bonds is 11. The average Bonchev–Trinajstić information content (AvgIpc) is 2.92. The van der Waals surface area contributed by atoms with Gasteiger partial charge >= 0.3 is 5.97 Å². The maximum Gasteiger partial charge on any atom is 0.335 e. The third-order valence-corrected chi connectivity index (χ3v) is 7.87. The van der Waals surface area contributed by atoms with E-state index >= 15 is 0 Å². The number of hydrogen-bond donors (Lipinski definition) is 3. The summed E-state index contributed by atoms with van der Waals surface area (Å²) in [6, 6.07) is 25.8. The van der Waals surface area contributed by atoms with Crippen LogP contribution in [0.2, 0.25) is 5.02 Å². The topological polar surface area (TPSA) is 113 Å². The molecule has 0 radical (unpaired) electrons. The summed E-state index contributed by atoms with van der Waals surface area (Å²) in [4.78, 5) is 11.4. The van der Waals surface area contributed by atoms with Crippen LogP contribution in [0.15, 0.2) is 107 Å². The molecule has 7 nitrogen and oxygen atoms in total. The second kappa shape index (κ2) is 12.2. The van der Waals surface area contributed by atoms with Crippen LogP contribution in [-0.4, -0.2) is 37.7 Å². The molecule has 38 heavy (non-hydrogen) atoms. The lowest BCUT2D eigenvalue weighted by Gasteiger charge is -2.13. The van der Waals surface area contributed by atoms with Crippen molar-refractivity contribution in [3.63, 3.8) is 0 Å². The molecule has 9 heteroatoms. The number of carboxylic acid groups (broad SMARTS) is 1. The zero-order valence-corrected chi connectivity index (χ0v) is 21.8. The number of aromatic carboxylic acids is 1. The molecule has 196 valence electrons. The molecular weight excluding hydrogens is 526 g/mol. The zero-order valence-electron chi connectivity index (χ0n) is 20.2. The van der Waals surface area contributed by atoms with Crippen molar-refractivity contribution < 1.29 is 28.2 Å². The summed E-state index contributed by atoms with van der Waals surface area (Å²) in [5, 5.41) is 23.2. The van der Waals surface area contributed by atoms with Crippen LogP contribution in [0.25, 0.3) is 0 Å². The summed E-state index contributed by atoms with van der Waals surface area (Å²) in [5.74, 6) is -0.342. The summed E-state index contributed by atoms with van der Waals surface area (Å²) in [6.45, 7) is 0.984. The molecule has 3 N–H and O–H groups in total. The first-order chi connectivity index (χ1) is 18.2. The molecule has 0 aliphatic rings. The van der Waals surface area contributed by atoms with Crippen LogP contribution in [0, 0.1) is 0 Å². The quantitative estimate of drug-likeness (QED) is 0.210. The van der Waals surface area contributed by atoms with Gasteiger partial charge in [0.15, 0.2) is 0 Å². The van der Waals surface area contributed by atoms with E-state index in [1.54, 1.807) is 54.6 Å². The van der Waals surface area contributed by atoms with Gasteiger partial charge in [0.05, 0.1) is 21.5 Å². The molecule has 0 spiro atoms. The third-order valence-electron chi connectivity index (χ3n) is 5.85. The lowest BCUT2D eigenvalue weighted by atomic mass is 10.1. The lowest BCUT2D eigenvalue weighted by Crippen LogP contribution is -2.23. The highest BCUT2D eigenvalue weighted by atomic mass is 35.5. The Kier molecular flexibility index (Phi) is 8.81. The number of carbonyl (C=O) groups is 1. The molecule has 0 heterocycles. The van der Waals surface area contributed by atoms with Crippen molar-refractivity contribution in [3.8, 4) is 11.5 Å². The highest BCUT2D eigenvalue weighted by Gasteiger charge is 2.18. The first kappa shape index (κ1) is 27.3. The van der Waals surface area contributed by atoms with Crippen LogP contribution >= 0.6 is 11.6 Å². The fourth-order valence-corrected chi connectivity index (χ4v) is 5.25. The Bertz CT molecular complexity index is 1510. The number of hydrogen-bond acceptors (Lipinski definition) is 6. The van der Waals surface area contributed by atoms with Crippen LogP contribution in [-0.2, 0) is 16.3 Å². The van der Waals surface area contributed by atoms with Crippen molar-refractivity contribution in [2.75, 3.05) is 13.1 Å². The molecule has 4 aromatic rings. The normalized spacial score (nSPS) is 12.2. The SMILES string of the molecule is O=C(O)c1cccc(Oc2ccc(S(=O)(=O)c3ccc(CCNC[C@@H](O)c4cccc(Cl)c4)cc3)cc2)c1. The number of carboxylic acids is 1. The molecule has 0 saturated heterocycles. The van der Waals surface area contributed by atoms with Gasteiger partial charge in [0, 0.05) is 11.6 Å². The summed E-state index contributed by atoms with van der Waals surface area (Å²) in [6.07, 6.45) is -0.00883. The molecule has 0 bridgehead atoms. The van der Waals surface area contributed by atoms with E-state index in [1.165, 1.54) is 36.4 Å². The van der Waals surface area contributed by atoms with E-state index in [0.717, 1.165) is 11.1 Å². The Morgan fingerprint density at radius 2 is 1.53 bits per heavy atom. The first-order valence-electron chi connectivity index (χ1n) is 11.8. The molecule has 0 saturated carbocycles. The van der Waals surface area contributed by atoms with Crippen LogP contribution < -0.4 is 10.1 Å². The highest BCUT2D eigenvalue weighted by molar-refractivity contribution is 7.91. The van der Waals surface area contributed by atoms with E-state index in [9.17, 15) is 18.3 Å². The van der Waals surface area contributed by atoms with E-state index in [-0.39, 0.29) is 15.4 Å². The van der Waals surface area contributed by atoms with Gasteiger partial charge in [0.1, 0.15) is 11.5 Å². The van der Waals surface area contributed by atoms with E-state index < -0.39 is 21.9 Å². The minimum absolute atomic E-state index is 0.0936. The van der Waals surface area contributed by atoms with Gasteiger partial charge in [-0.2, -0.15) is 0 Å². The van der Waals surface area contributed by atoms with Gasteiger partial charge < -0.3 is 20.3 Å². The summed E-state index contributed by atoms with van der Waals surface area (Å²) in [7, 11) is -3.73. The van der Waals surface area contributed by atoms with Crippen molar-refractivity contribution in [2.45, 2.75) is 22.3 Å². The minimum Gasteiger partial charge on any atom is -0.478 e. The summed E-state index contributed by atoms with van der Waals surface area (Å²) >= 11 is 5.97. The Morgan fingerprint density at radius 1 is 0.868 bits per heavy atom. The van der Waals surface area contributed by atoms with Crippen molar-refractivity contribution in [3.05, 3.63) is 119 Å². The lowest BCUT2D eigenvalue weighted by molar-refractivity contribution is 0.0696. The zero-order chi connectivity index (χ0) is 27.1. The van der Waals surface area contributed by atoms with Gasteiger partial charge in [0.25, 0.3) is 0 Å². The van der Waals surface area contributed by atoms with Crippen molar-refractivity contribution in [1.82, 2.24) is 5.32 Å². The minimum atomic E-state index is -3.73. The van der Waals surface area contributed by atoms with Gasteiger partial charge in [0.2, 0.25) is 9.84 Å². The average molecular weight is 552 g/mol. The number of aliphatic hydroxyl groups is 1. The smallest absolute Gasteiger partial charge is 0.335 e. The Balaban J connectivity index is 1.32. The summed E-state index contributed by atoms with van der Waals surface area (Å²) < 4.78 is 31.8. The fraction of sp³-hybridized carbons (Fsp3) is 0.138. The highest BCUT2D eigenvalue weighted by Crippen LogP contribution is 2.27. The predicted octanol–water partition coefficient (Wildman–Crippen LogP) is 5.53. The number of ether oxygens (including phenoxy) is 1.